The van der Waals surface area contributed by atoms with Crippen LogP contribution >= 0.6 is 0 Å². The van der Waals surface area contributed by atoms with Crippen molar-refractivity contribution in [3.8, 4) is 0 Å². The van der Waals surface area contributed by atoms with Gasteiger partial charge in [-0.2, -0.15) is 4.31 Å². The number of imidazole rings is 1. The minimum Gasteiger partial charge on any atom is -0.369 e. The molecule has 0 spiro atoms. The number of hydrogen-bond donors (Lipinski definition) is 2. The summed E-state index contributed by atoms with van der Waals surface area (Å²) < 4.78 is 25.7. The second-order valence-corrected chi connectivity index (χ2v) is 6.21. The summed E-state index contributed by atoms with van der Waals surface area (Å²) in [6.07, 6.45) is 2.43. The van der Waals surface area contributed by atoms with Crippen LogP contribution in [-0.4, -0.2) is 41.7 Å². The number of H-pyrrole nitrogens is 1. The number of hydrogen-bond acceptors (Lipinski definition) is 4. The molecule has 0 radical (unpaired) electrons. The maximum atomic E-state index is 12.2. The van der Waals surface area contributed by atoms with Crippen LogP contribution in [0.25, 0.3) is 0 Å². The number of aromatic nitrogens is 2. The summed E-state index contributed by atoms with van der Waals surface area (Å²) in [6, 6.07) is 0. The van der Waals surface area contributed by atoms with Crippen LogP contribution in [-0.2, 0) is 21.2 Å². The van der Waals surface area contributed by atoms with E-state index in [0.29, 0.717) is 25.2 Å². The molecule has 1 aliphatic rings. The monoisotopic (exact) mass is 272 g/mol. The lowest BCUT2D eigenvalue weighted by Gasteiger charge is -2.14. The van der Waals surface area contributed by atoms with Gasteiger partial charge in [0.25, 0.3) is 10.0 Å². The van der Waals surface area contributed by atoms with E-state index in [1.165, 1.54) is 10.5 Å². The lowest BCUT2D eigenvalue weighted by atomic mass is 10.1. The molecule has 2 heterocycles. The molecule has 1 unspecified atom stereocenters. The topological polar surface area (TPSA) is 109 Å². The van der Waals surface area contributed by atoms with Crippen molar-refractivity contribution in [3.05, 3.63) is 12.0 Å². The van der Waals surface area contributed by atoms with Crippen molar-refractivity contribution in [2.45, 2.75) is 24.8 Å². The summed E-state index contributed by atoms with van der Waals surface area (Å²) in [5.74, 6) is -0.223. The van der Waals surface area contributed by atoms with Gasteiger partial charge in [0.1, 0.15) is 5.82 Å². The van der Waals surface area contributed by atoms with E-state index in [1.807, 2.05) is 6.92 Å². The molecule has 8 heteroatoms. The SMILES string of the molecule is CCc1ncc(S(=O)(=O)N2CCC(C(N)=O)C2)[nH]1. The molecule has 1 aromatic heterocycles. The van der Waals surface area contributed by atoms with Crippen LogP contribution in [0.2, 0.25) is 0 Å². The molecule has 2 rings (SSSR count). The molecule has 1 fully saturated rings. The molecule has 0 aliphatic carbocycles. The number of primary amides is 1. The van der Waals surface area contributed by atoms with Crippen molar-refractivity contribution in [3.63, 3.8) is 0 Å². The number of aromatic amines is 1. The molecule has 1 aliphatic heterocycles. The number of carbonyl (C=O) groups excluding carboxylic acids is 1. The van der Waals surface area contributed by atoms with Crippen LogP contribution in [0.15, 0.2) is 11.2 Å². The summed E-state index contributed by atoms with van der Waals surface area (Å²) in [4.78, 5) is 17.8. The Bertz CT molecular complexity index is 551. The quantitative estimate of drug-likeness (QED) is 0.767. The molecule has 1 aromatic rings. The second kappa shape index (κ2) is 4.69. The summed E-state index contributed by atoms with van der Waals surface area (Å²) in [5.41, 5.74) is 5.19. The zero-order chi connectivity index (χ0) is 13.3. The average molecular weight is 272 g/mol. The highest BCUT2D eigenvalue weighted by molar-refractivity contribution is 7.89. The van der Waals surface area contributed by atoms with Gasteiger partial charge in [0.05, 0.1) is 12.1 Å². The highest BCUT2D eigenvalue weighted by atomic mass is 32.2. The van der Waals surface area contributed by atoms with Gasteiger partial charge in [-0.1, -0.05) is 6.92 Å². The Labute approximate surface area is 105 Å². The Morgan fingerprint density at radius 1 is 1.67 bits per heavy atom. The number of rotatable bonds is 4. The Balaban J connectivity index is 2.20. The van der Waals surface area contributed by atoms with Gasteiger partial charge in [-0.15, -0.1) is 0 Å². The maximum Gasteiger partial charge on any atom is 0.260 e. The Kier molecular flexibility index (Phi) is 3.40. The van der Waals surface area contributed by atoms with Crippen LogP contribution in [0, 0.1) is 5.92 Å². The number of nitrogens with one attached hydrogen (secondary N) is 1. The average Bonchev–Trinajstić information content (AvgIpc) is 2.98. The molecule has 3 N–H and O–H groups in total. The van der Waals surface area contributed by atoms with E-state index >= 15 is 0 Å². The number of sulfonamides is 1. The van der Waals surface area contributed by atoms with Crippen molar-refractivity contribution >= 4 is 15.9 Å². The van der Waals surface area contributed by atoms with E-state index in [-0.39, 0.29) is 11.6 Å². The predicted molar refractivity (Wildman–Crippen MR) is 64.0 cm³/mol. The number of amides is 1. The van der Waals surface area contributed by atoms with E-state index < -0.39 is 21.8 Å². The van der Waals surface area contributed by atoms with Gasteiger partial charge >= 0.3 is 0 Å². The molecule has 7 nitrogen and oxygen atoms in total. The molecule has 100 valence electrons. The van der Waals surface area contributed by atoms with Crippen molar-refractivity contribution in [2.75, 3.05) is 13.1 Å². The first-order valence-corrected chi connectivity index (χ1v) is 7.22. The third-order valence-corrected chi connectivity index (χ3v) is 4.89. The lowest BCUT2D eigenvalue weighted by molar-refractivity contribution is -0.121. The Morgan fingerprint density at radius 3 is 2.89 bits per heavy atom. The fraction of sp³-hybridized carbons (Fsp3) is 0.600. The molecule has 0 aromatic carbocycles. The van der Waals surface area contributed by atoms with E-state index in [4.69, 9.17) is 5.73 Å². The number of nitrogens with two attached hydrogens (primary N) is 1. The van der Waals surface area contributed by atoms with Crippen LogP contribution in [0.4, 0.5) is 0 Å². The standard InChI is InChI=1S/C10H16N4O3S/c1-2-8-12-5-9(13-8)18(16,17)14-4-3-7(6-14)10(11)15/h5,7H,2-4,6H2,1H3,(H2,11,15)(H,12,13). The van der Waals surface area contributed by atoms with E-state index in [0.717, 1.165) is 0 Å². The van der Waals surface area contributed by atoms with Gasteiger partial charge in [-0.05, 0) is 6.42 Å². The van der Waals surface area contributed by atoms with Gasteiger partial charge in [0, 0.05) is 19.5 Å². The van der Waals surface area contributed by atoms with Crippen molar-refractivity contribution in [1.82, 2.24) is 14.3 Å². The van der Waals surface area contributed by atoms with Gasteiger partial charge in [0.15, 0.2) is 5.03 Å². The fourth-order valence-electron chi connectivity index (χ4n) is 1.97. The minimum atomic E-state index is -3.59. The minimum absolute atomic E-state index is 0.0736. The van der Waals surface area contributed by atoms with E-state index in [1.54, 1.807) is 0 Å². The summed E-state index contributed by atoms with van der Waals surface area (Å²) in [6.45, 7) is 2.35. The molecule has 1 saturated heterocycles. The van der Waals surface area contributed by atoms with Crippen molar-refractivity contribution < 1.29 is 13.2 Å². The zero-order valence-corrected chi connectivity index (χ0v) is 10.9. The van der Waals surface area contributed by atoms with E-state index in [2.05, 4.69) is 9.97 Å². The summed E-state index contributed by atoms with van der Waals surface area (Å²) in [5, 5.41) is 0.0736. The van der Waals surface area contributed by atoms with Crippen LogP contribution in [0.1, 0.15) is 19.2 Å². The molecular weight excluding hydrogens is 256 g/mol. The number of carbonyl (C=O) groups is 1. The first-order chi connectivity index (χ1) is 8.45. The highest BCUT2D eigenvalue weighted by Crippen LogP contribution is 2.23. The fourth-order valence-corrected chi connectivity index (χ4v) is 3.40. The number of aryl methyl sites for hydroxylation is 1. The van der Waals surface area contributed by atoms with Crippen LogP contribution in [0.3, 0.4) is 0 Å². The summed E-state index contributed by atoms with van der Waals surface area (Å²) >= 11 is 0. The molecule has 1 atom stereocenters. The Hall–Kier alpha value is -1.41. The smallest absolute Gasteiger partial charge is 0.260 e. The van der Waals surface area contributed by atoms with Gasteiger partial charge in [0.2, 0.25) is 5.91 Å². The van der Waals surface area contributed by atoms with Crippen molar-refractivity contribution in [1.29, 1.82) is 0 Å². The normalized spacial score (nSPS) is 21.3. The first kappa shape index (κ1) is 13.0. The van der Waals surface area contributed by atoms with Crippen molar-refractivity contribution in [2.24, 2.45) is 11.7 Å². The summed E-state index contributed by atoms with van der Waals surface area (Å²) in [7, 11) is -3.59. The Morgan fingerprint density at radius 2 is 2.39 bits per heavy atom. The highest BCUT2D eigenvalue weighted by Gasteiger charge is 2.35. The first-order valence-electron chi connectivity index (χ1n) is 5.78. The largest absolute Gasteiger partial charge is 0.369 e. The van der Waals surface area contributed by atoms with Gasteiger partial charge < -0.3 is 10.7 Å². The lowest BCUT2D eigenvalue weighted by Crippen LogP contribution is -2.32. The zero-order valence-electron chi connectivity index (χ0n) is 10.1. The number of nitrogens with zero attached hydrogens (tertiary/aromatic N) is 2. The van der Waals surface area contributed by atoms with Crippen LogP contribution < -0.4 is 5.73 Å². The predicted octanol–water partition coefficient (Wildman–Crippen LogP) is -0.532. The molecular formula is C10H16N4O3S. The molecule has 18 heavy (non-hydrogen) atoms. The maximum absolute atomic E-state index is 12.2. The third-order valence-electron chi connectivity index (χ3n) is 3.11. The second-order valence-electron chi connectivity index (χ2n) is 4.30. The van der Waals surface area contributed by atoms with Gasteiger partial charge in [-0.3, -0.25) is 4.79 Å². The third kappa shape index (κ3) is 2.25. The van der Waals surface area contributed by atoms with E-state index in [9.17, 15) is 13.2 Å². The molecule has 0 bridgehead atoms. The van der Waals surface area contributed by atoms with Crippen LogP contribution in [0.5, 0.6) is 0 Å². The van der Waals surface area contributed by atoms with Gasteiger partial charge in [-0.25, -0.2) is 13.4 Å². The molecule has 1 amide bonds. The molecule has 0 saturated carbocycles.